The van der Waals surface area contributed by atoms with Crippen LogP contribution >= 0.6 is 22.7 Å². The van der Waals surface area contributed by atoms with E-state index in [-0.39, 0.29) is 21.9 Å². The average Bonchev–Trinajstić information content (AvgIpc) is 3.34. The predicted molar refractivity (Wildman–Crippen MR) is 143 cm³/mol. The van der Waals surface area contributed by atoms with Crippen molar-refractivity contribution < 1.29 is 27.5 Å². The summed E-state index contributed by atoms with van der Waals surface area (Å²) in [5.74, 6) is -1.24. The van der Waals surface area contributed by atoms with Gasteiger partial charge >= 0.3 is 5.97 Å². The van der Waals surface area contributed by atoms with Crippen LogP contribution in [-0.4, -0.2) is 49.4 Å². The zero-order valence-electron chi connectivity index (χ0n) is 20.3. The van der Waals surface area contributed by atoms with Crippen LogP contribution in [-0.2, 0) is 43.5 Å². The Balaban J connectivity index is 1.51. The van der Waals surface area contributed by atoms with Crippen LogP contribution in [0.5, 0.6) is 0 Å². The number of nitrogens with one attached hydrogen (secondary N) is 1. The first-order chi connectivity index (χ1) is 17.6. The van der Waals surface area contributed by atoms with Crippen LogP contribution in [0.3, 0.4) is 0 Å². The second kappa shape index (κ2) is 11.0. The number of thiophene rings is 1. The fourth-order valence-corrected chi connectivity index (χ4v) is 7.72. The van der Waals surface area contributed by atoms with Gasteiger partial charge in [-0.3, -0.25) is 9.59 Å². The molecule has 0 bridgehead atoms. The Morgan fingerprint density at radius 2 is 2.00 bits per heavy atom. The maximum absolute atomic E-state index is 12.7. The Bertz CT molecular complexity index is 1600. The van der Waals surface area contributed by atoms with E-state index in [1.54, 1.807) is 4.57 Å². The van der Waals surface area contributed by atoms with Gasteiger partial charge in [0.15, 0.2) is 14.6 Å². The van der Waals surface area contributed by atoms with Gasteiger partial charge in [-0.25, -0.2) is 13.2 Å². The van der Waals surface area contributed by atoms with Crippen molar-refractivity contribution in [3.63, 3.8) is 0 Å². The molecule has 1 aromatic carbocycles. The highest BCUT2D eigenvalue weighted by atomic mass is 32.2. The molecule has 1 atom stereocenters. The molecule has 0 fully saturated rings. The van der Waals surface area contributed by atoms with E-state index in [9.17, 15) is 22.8 Å². The summed E-state index contributed by atoms with van der Waals surface area (Å²) in [6.45, 7) is 2.28. The molecule has 9 nitrogen and oxygen atoms in total. The topological polar surface area (TPSA) is 124 Å². The van der Waals surface area contributed by atoms with Crippen molar-refractivity contribution in [2.45, 2.75) is 32.7 Å². The molecule has 0 saturated carbocycles. The second-order valence-corrected chi connectivity index (χ2v) is 13.0. The Hall–Kier alpha value is -3.27. The molecule has 1 N–H and O–H groups in total. The van der Waals surface area contributed by atoms with Crippen molar-refractivity contribution in [2.24, 2.45) is 10.9 Å². The number of thiazole rings is 1. The molecule has 0 saturated heterocycles. The number of benzene rings is 1. The maximum atomic E-state index is 12.7. The lowest BCUT2D eigenvalue weighted by atomic mass is 9.88. The quantitative estimate of drug-likeness (QED) is 0.351. The summed E-state index contributed by atoms with van der Waals surface area (Å²) < 4.78 is 32.7. The number of aromatic nitrogens is 1. The SMILES string of the molecule is C#CCn1c(=NC(=O)CS(=O)(=O)CC(=O)Nc2sc3c(c2C(=O)OC)CCC(C)C3)sc2ccccc21. The van der Waals surface area contributed by atoms with Crippen molar-refractivity contribution in [1.82, 2.24) is 4.57 Å². The largest absolute Gasteiger partial charge is 0.465 e. The summed E-state index contributed by atoms with van der Waals surface area (Å²) in [6.07, 6.45) is 7.80. The smallest absolute Gasteiger partial charge is 0.341 e. The number of terminal acetylenes is 1. The molecule has 0 aliphatic heterocycles. The highest BCUT2D eigenvalue weighted by Gasteiger charge is 2.30. The number of esters is 1. The fraction of sp³-hybridized carbons (Fsp3) is 0.360. The molecule has 1 unspecified atom stereocenters. The van der Waals surface area contributed by atoms with Gasteiger partial charge in [0.25, 0.3) is 5.91 Å². The van der Waals surface area contributed by atoms with E-state index in [1.165, 1.54) is 29.8 Å². The lowest BCUT2D eigenvalue weighted by Crippen LogP contribution is -2.28. The van der Waals surface area contributed by atoms with Crippen molar-refractivity contribution in [3.05, 3.63) is 45.1 Å². The minimum Gasteiger partial charge on any atom is -0.465 e. The molecular formula is C25H25N3O6S3. The van der Waals surface area contributed by atoms with Crippen LogP contribution in [0.25, 0.3) is 10.2 Å². The number of rotatable bonds is 7. The minimum atomic E-state index is -4.14. The first-order valence-corrected chi connectivity index (χ1v) is 14.9. The van der Waals surface area contributed by atoms with Crippen molar-refractivity contribution in [2.75, 3.05) is 23.9 Å². The zero-order chi connectivity index (χ0) is 26.7. The number of carbonyl (C=O) groups excluding carboxylic acids is 3. The molecule has 0 spiro atoms. The van der Waals surface area contributed by atoms with Gasteiger partial charge in [0, 0.05) is 4.88 Å². The van der Waals surface area contributed by atoms with E-state index in [4.69, 9.17) is 11.2 Å². The van der Waals surface area contributed by atoms with Crippen molar-refractivity contribution in [1.29, 1.82) is 0 Å². The Morgan fingerprint density at radius 1 is 1.24 bits per heavy atom. The summed E-state index contributed by atoms with van der Waals surface area (Å²) >= 11 is 2.47. The van der Waals surface area contributed by atoms with E-state index >= 15 is 0 Å². The third kappa shape index (κ3) is 6.01. The summed E-state index contributed by atoms with van der Waals surface area (Å²) in [6, 6.07) is 7.35. The Labute approximate surface area is 222 Å². The highest BCUT2D eigenvalue weighted by Crippen LogP contribution is 2.40. The van der Waals surface area contributed by atoms with Crippen LogP contribution in [0.15, 0.2) is 29.3 Å². The normalized spacial score (nSPS) is 15.7. The molecular weight excluding hydrogens is 534 g/mol. The summed E-state index contributed by atoms with van der Waals surface area (Å²) in [4.78, 5) is 42.9. The van der Waals surface area contributed by atoms with Gasteiger partial charge in [0.05, 0.1) is 29.4 Å². The molecule has 2 heterocycles. The number of para-hydroxylation sites is 1. The zero-order valence-corrected chi connectivity index (χ0v) is 22.7. The Morgan fingerprint density at radius 3 is 2.73 bits per heavy atom. The van der Waals surface area contributed by atoms with Crippen molar-refractivity contribution >= 4 is 65.5 Å². The van der Waals surface area contributed by atoms with E-state index in [2.05, 4.69) is 23.2 Å². The van der Waals surface area contributed by atoms with Crippen LogP contribution in [0.4, 0.5) is 5.00 Å². The van der Waals surface area contributed by atoms with Gasteiger partial charge in [-0.2, -0.15) is 4.99 Å². The first kappa shape index (κ1) is 26.8. The lowest BCUT2D eigenvalue weighted by Gasteiger charge is -2.18. The van der Waals surface area contributed by atoms with Crippen molar-refractivity contribution in [3.8, 4) is 12.3 Å². The molecule has 3 aromatic rings. The number of ether oxygens (including phenoxy) is 1. The van der Waals surface area contributed by atoms with Crippen LogP contribution < -0.4 is 10.1 Å². The Kier molecular flexibility index (Phi) is 7.96. The minimum absolute atomic E-state index is 0.164. The molecule has 2 aromatic heterocycles. The third-order valence-corrected chi connectivity index (χ3v) is 9.52. The molecule has 194 valence electrons. The fourth-order valence-electron chi connectivity index (χ4n) is 4.25. The van der Waals surface area contributed by atoms with Gasteiger partial charge in [-0.1, -0.05) is 36.3 Å². The number of hydrogen-bond donors (Lipinski definition) is 1. The predicted octanol–water partition coefficient (Wildman–Crippen LogP) is 2.79. The van der Waals surface area contributed by atoms with Gasteiger partial charge in [0.2, 0.25) is 5.91 Å². The van der Waals surface area contributed by atoms with Crippen LogP contribution in [0, 0.1) is 18.3 Å². The number of hydrogen-bond acceptors (Lipinski definition) is 8. The van der Waals surface area contributed by atoms with Gasteiger partial charge < -0.3 is 14.6 Å². The number of nitrogens with zero attached hydrogens (tertiary/aromatic N) is 2. The first-order valence-electron chi connectivity index (χ1n) is 11.4. The monoisotopic (exact) mass is 559 g/mol. The molecule has 4 rings (SSSR count). The molecule has 1 aliphatic rings. The number of carbonyl (C=O) groups is 3. The third-order valence-electron chi connectivity index (χ3n) is 5.91. The highest BCUT2D eigenvalue weighted by molar-refractivity contribution is 7.92. The number of fused-ring (bicyclic) bond motifs is 2. The lowest BCUT2D eigenvalue weighted by molar-refractivity contribution is -0.115. The van der Waals surface area contributed by atoms with Crippen LogP contribution in [0.1, 0.15) is 34.1 Å². The summed E-state index contributed by atoms with van der Waals surface area (Å²) in [7, 11) is -2.88. The van der Waals surface area contributed by atoms with Gasteiger partial charge in [0.1, 0.15) is 16.5 Å². The molecule has 1 aliphatic carbocycles. The van der Waals surface area contributed by atoms with E-state index in [0.29, 0.717) is 12.3 Å². The molecule has 12 heteroatoms. The molecule has 37 heavy (non-hydrogen) atoms. The standard InChI is InChI=1S/C25H25N3O6S3/c1-4-11-28-17-7-5-6-8-18(17)36-25(28)27-21(30)14-37(32,33)13-20(29)26-23-22(24(31)34-3)16-10-9-15(2)12-19(16)35-23/h1,5-8,15H,9-14H2,2-3H3,(H,26,29). The maximum Gasteiger partial charge on any atom is 0.341 e. The van der Waals surface area contributed by atoms with E-state index in [1.807, 2.05) is 24.3 Å². The summed E-state index contributed by atoms with van der Waals surface area (Å²) in [5, 5.41) is 2.82. The summed E-state index contributed by atoms with van der Waals surface area (Å²) in [5.41, 5.74) is 1.90. The van der Waals surface area contributed by atoms with Gasteiger partial charge in [-0.05, 0) is 42.9 Å². The van der Waals surface area contributed by atoms with E-state index < -0.39 is 39.1 Å². The van der Waals surface area contributed by atoms with Crippen LogP contribution in [0.2, 0.25) is 0 Å². The number of sulfone groups is 1. The second-order valence-electron chi connectivity index (χ2n) is 8.78. The van der Waals surface area contributed by atoms with Gasteiger partial charge in [-0.15, -0.1) is 17.8 Å². The number of anilines is 1. The average molecular weight is 560 g/mol. The number of amides is 2. The van der Waals surface area contributed by atoms with E-state index in [0.717, 1.165) is 33.5 Å². The molecule has 2 amide bonds. The number of methoxy groups -OCH3 is 1. The molecule has 0 radical (unpaired) electrons.